The normalized spacial score (nSPS) is 22.1. The highest BCUT2D eigenvalue weighted by molar-refractivity contribution is 7.89. The Hall–Kier alpha value is -1.93. The summed E-state index contributed by atoms with van der Waals surface area (Å²) in [7, 11) is -3.51. The van der Waals surface area contributed by atoms with E-state index in [4.69, 9.17) is 0 Å². The predicted octanol–water partition coefficient (Wildman–Crippen LogP) is 1.98. The van der Waals surface area contributed by atoms with Gasteiger partial charge in [-0.05, 0) is 56.9 Å². The third-order valence-electron chi connectivity index (χ3n) is 5.46. The molecule has 28 heavy (non-hydrogen) atoms. The Morgan fingerprint density at radius 3 is 2.32 bits per heavy atom. The van der Waals surface area contributed by atoms with E-state index in [9.17, 15) is 18.0 Å². The zero-order valence-electron chi connectivity index (χ0n) is 16.7. The SMILES string of the molecule is CC1CCN(S(=O)(=O)c2ccc(N3CC(C(=O)NC(C)C)CC3=O)cc2)CC1. The summed E-state index contributed by atoms with van der Waals surface area (Å²) >= 11 is 0. The van der Waals surface area contributed by atoms with Gasteiger partial charge in [0.05, 0.1) is 10.8 Å². The molecule has 7 nitrogen and oxygen atoms in total. The number of hydrogen-bond acceptors (Lipinski definition) is 4. The quantitative estimate of drug-likeness (QED) is 0.809. The van der Waals surface area contributed by atoms with Crippen molar-refractivity contribution in [1.29, 1.82) is 0 Å². The number of hydrogen-bond donors (Lipinski definition) is 1. The Morgan fingerprint density at radius 1 is 1.14 bits per heavy atom. The Labute approximate surface area is 167 Å². The molecule has 2 aliphatic rings. The maximum atomic E-state index is 12.8. The van der Waals surface area contributed by atoms with E-state index in [-0.39, 0.29) is 35.1 Å². The molecule has 2 amide bonds. The summed E-state index contributed by atoms with van der Waals surface area (Å²) in [6.07, 6.45) is 1.92. The molecule has 154 valence electrons. The summed E-state index contributed by atoms with van der Waals surface area (Å²) in [6.45, 7) is 7.31. The van der Waals surface area contributed by atoms with E-state index < -0.39 is 10.0 Å². The first-order valence-electron chi connectivity index (χ1n) is 9.89. The van der Waals surface area contributed by atoms with Gasteiger partial charge in [0.2, 0.25) is 21.8 Å². The lowest BCUT2D eigenvalue weighted by atomic mass is 10.0. The fourth-order valence-electron chi connectivity index (χ4n) is 3.71. The van der Waals surface area contributed by atoms with Gasteiger partial charge in [0, 0.05) is 37.8 Å². The summed E-state index contributed by atoms with van der Waals surface area (Å²) in [5.41, 5.74) is 0.621. The number of rotatable bonds is 5. The van der Waals surface area contributed by atoms with E-state index in [0.717, 1.165) is 12.8 Å². The summed E-state index contributed by atoms with van der Waals surface area (Å²) < 4.78 is 27.2. The average Bonchev–Trinajstić information content (AvgIpc) is 3.03. The van der Waals surface area contributed by atoms with Crippen LogP contribution in [0.4, 0.5) is 5.69 Å². The van der Waals surface area contributed by atoms with Crippen molar-refractivity contribution in [3.05, 3.63) is 24.3 Å². The van der Waals surface area contributed by atoms with Gasteiger partial charge in [0.25, 0.3) is 0 Å². The molecule has 8 heteroatoms. The molecule has 1 aromatic rings. The van der Waals surface area contributed by atoms with Crippen molar-refractivity contribution in [2.45, 2.75) is 51.0 Å². The van der Waals surface area contributed by atoms with Gasteiger partial charge in [-0.25, -0.2) is 8.42 Å². The van der Waals surface area contributed by atoms with Gasteiger partial charge in [-0.15, -0.1) is 0 Å². The second-order valence-electron chi connectivity index (χ2n) is 8.15. The third-order valence-corrected chi connectivity index (χ3v) is 7.37. The van der Waals surface area contributed by atoms with Crippen LogP contribution in [0.3, 0.4) is 0 Å². The fourth-order valence-corrected chi connectivity index (χ4v) is 5.18. The van der Waals surface area contributed by atoms with Gasteiger partial charge in [0.1, 0.15) is 0 Å². The maximum Gasteiger partial charge on any atom is 0.243 e. The topological polar surface area (TPSA) is 86.8 Å². The molecule has 1 N–H and O–H groups in total. The minimum atomic E-state index is -3.51. The first-order chi connectivity index (χ1) is 13.2. The van der Waals surface area contributed by atoms with Crippen molar-refractivity contribution in [2.24, 2.45) is 11.8 Å². The minimum Gasteiger partial charge on any atom is -0.354 e. The third kappa shape index (κ3) is 4.38. The number of carbonyl (C=O) groups excluding carboxylic acids is 2. The second kappa shape index (κ2) is 8.21. The molecule has 0 saturated carbocycles. The summed E-state index contributed by atoms with van der Waals surface area (Å²) in [5.74, 6) is -0.0709. The number of anilines is 1. The molecule has 2 fully saturated rings. The molecule has 0 aromatic heterocycles. The number of benzene rings is 1. The number of nitrogens with zero attached hydrogens (tertiary/aromatic N) is 2. The van der Waals surface area contributed by atoms with Gasteiger partial charge >= 0.3 is 0 Å². The van der Waals surface area contributed by atoms with Crippen LogP contribution < -0.4 is 10.2 Å². The van der Waals surface area contributed by atoms with Gasteiger partial charge in [-0.2, -0.15) is 4.31 Å². The van der Waals surface area contributed by atoms with E-state index in [1.807, 2.05) is 13.8 Å². The molecule has 1 unspecified atom stereocenters. The summed E-state index contributed by atoms with van der Waals surface area (Å²) in [5, 5.41) is 2.84. The van der Waals surface area contributed by atoms with Crippen LogP contribution in [0.1, 0.15) is 40.0 Å². The molecule has 2 saturated heterocycles. The predicted molar refractivity (Wildman–Crippen MR) is 107 cm³/mol. The van der Waals surface area contributed by atoms with E-state index in [1.54, 1.807) is 29.2 Å². The number of carbonyl (C=O) groups is 2. The van der Waals surface area contributed by atoms with E-state index in [0.29, 0.717) is 31.2 Å². The lowest BCUT2D eigenvalue weighted by Crippen LogP contribution is -2.38. The Morgan fingerprint density at radius 2 is 1.75 bits per heavy atom. The molecule has 2 aliphatic heterocycles. The Bertz CT molecular complexity index is 828. The lowest BCUT2D eigenvalue weighted by Gasteiger charge is -2.29. The van der Waals surface area contributed by atoms with Crippen molar-refractivity contribution in [3.63, 3.8) is 0 Å². The van der Waals surface area contributed by atoms with Gasteiger partial charge in [0.15, 0.2) is 0 Å². The number of sulfonamides is 1. The zero-order valence-corrected chi connectivity index (χ0v) is 17.5. The first-order valence-corrected chi connectivity index (χ1v) is 11.3. The first kappa shape index (κ1) is 20.8. The van der Waals surface area contributed by atoms with Crippen LogP contribution in [-0.2, 0) is 19.6 Å². The maximum absolute atomic E-state index is 12.8. The molecule has 1 atom stereocenters. The Kier molecular flexibility index (Phi) is 6.09. The van der Waals surface area contributed by atoms with Gasteiger partial charge < -0.3 is 10.2 Å². The van der Waals surface area contributed by atoms with Crippen LogP contribution in [-0.4, -0.2) is 50.2 Å². The van der Waals surface area contributed by atoms with Crippen LogP contribution in [0.15, 0.2) is 29.2 Å². The molecule has 3 rings (SSSR count). The standard InChI is InChI=1S/C20H29N3O4S/c1-14(2)21-20(25)16-12-19(24)23(13-16)17-4-6-18(7-5-17)28(26,27)22-10-8-15(3)9-11-22/h4-7,14-16H,8-13H2,1-3H3,(H,21,25). The molecule has 0 bridgehead atoms. The minimum absolute atomic E-state index is 0.0268. The van der Waals surface area contributed by atoms with E-state index in [1.165, 1.54) is 4.31 Å². The largest absolute Gasteiger partial charge is 0.354 e. The second-order valence-corrected chi connectivity index (χ2v) is 10.1. The van der Waals surface area contributed by atoms with Crippen molar-refractivity contribution in [2.75, 3.05) is 24.5 Å². The molecule has 0 spiro atoms. The molecule has 2 heterocycles. The number of amides is 2. The highest BCUT2D eigenvalue weighted by Crippen LogP contribution is 2.28. The van der Waals surface area contributed by atoms with Gasteiger partial charge in [-0.3, -0.25) is 9.59 Å². The van der Waals surface area contributed by atoms with Crippen molar-refractivity contribution >= 4 is 27.5 Å². The number of nitrogens with one attached hydrogen (secondary N) is 1. The van der Waals surface area contributed by atoms with Crippen LogP contribution >= 0.6 is 0 Å². The highest BCUT2D eigenvalue weighted by atomic mass is 32.2. The summed E-state index contributed by atoms with van der Waals surface area (Å²) in [6, 6.07) is 6.44. The zero-order chi connectivity index (χ0) is 20.5. The van der Waals surface area contributed by atoms with Crippen molar-refractivity contribution < 1.29 is 18.0 Å². The molecule has 0 radical (unpaired) electrons. The highest BCUT2D eigenvalue weighted by Gasteiger charge is 2.35. The average molecular weight is 408 g/mol. The smallest absolute Gasteiger partial charge is 0.243 e. The monoisotopic (exact) mass is 407 g/mol. The van der Waals surface area contributed by atoms with E-state index >= 15 is 0 Å². The Balaban J connectivity index is 1.70. The molecule has 1 aromatic carbocycles. The molecular weight excluding hydrogens is 378 g/mol. The fraction of sp³-hybridized carbons (Fsp3) is 0.600. The number of piperidine rings is 1. The van der Waals surface area contributed by atoms with Crippen LogP contribution in [0.5, 0.6) is 0 Å². The van der Waals surface area contributed by atoms with Crippen molar-refractivity contribution in [1.82, 2.24) is 9.62 Å². The van der Waals surface area contributed by atoms with Crippen LogP contribution in [0.25, 0.3) is 0 Å². The lowest BCUT2D eigenvalue weighted by molar-refractivity contribution is -0.126. The van der Waals surface area contributed by atoms with Gasteiger partial charge in [-0.1, -0.05) is 6.92 Å². The molecule has 0 aliphatic carbocycles. The molecular formula is C20H29N3O4S. The van der Waals surface area contributed by atoms with Crippen molar-refractivity contribution in [3.8, 4) is 0 Å². The van der Waals surface area contributed by atoms with E-state index in [2.05, 4.69) is 12.2 Å². The van der Waals surface area contributed by atoms with Crippen LogP contribution in [0, 0.1) is 11.8 Å². The van der Waals surface area contributed by atoms with Crippen LogP contribution in [0.2, 0.25) is 0 Å². The summed E-state index contributed by atoms with van der Waals surface area (Å²) in [4.78, 5) is 26.3.